The zero-order valence-electron chi connectivity index (χ0n) is 11.8. The molecule has 1 aromatic heterocycles. The highest BCUT2D eigenvalue weighted by atomic mass is 19.1. The molecule has 1 saturated heterocycles. The number of carbonyl (C=O) groups is 1. The number of furan rings is 1. The number of alkyl halides is 1. The standard InChI is InChI=1S/C15H21FN2O2/c1-11-2-5-13(20-11)10-18-8-6-15(16,7-9-18)14(19)17-12-3-4-12/h2,5,12H,3-4,6-10H2,1H3,(H,17,19). The molecule has 0 spiro atoms. The highest BCUT2D eigenvalue weighted by Crippen LogP contribution is 2.29. The van der Waals surface area contributed by atoms with E-state index >= 15 is 0 Å². The molecule has 0 radical (unpaired) electrons. The summed E-state index contributed by atoms with van der Waals surface area (Å²) in [5.74, 6) is 1.38. The maximum absolute atomic E-state index is 14.6. The van der Waals surface area contributed by atoms with Crippen molar-refractivity contribution in [3.63, 3.8) is 0 Å². The summed E-state index contributed by atoms with van der Waals surface area (Å²) in [4.78, 5) is 14.1. The maximum atomic E-state index is 14.6. The van der Waals surface area contributed by atoms with Gasteiger partial charge in [-0.15, -0.1) is 0 Å². The van der Waals surface area contributed by atoms with Crippen molar-refractivity contribution in [3.8, 4) is 0 Å². The molecule has 2 fully saturated rings. The first kappa shape index (κ1) is 13.6. The quantitative estimate of drug-likeness (QED) is 0.919. The van der Waals surface area contributed by atoms with Crippen molar-refractivity contribution in [1.82, 2.24) is 10.2 Å². The van der Waals surface area contributed by atoms with Gasteiger partial charge in [0.25, 0.3) is 5.91 Å². The largest absolute Gasteiger partial charge is 0.465 e. The van der Waals surface area contributed by atoms with E-state index in [2.05, 4.69) is 10.2 Å². The van der Waals surface area contributed by atoms with Gasteiger partial charge in [-0.05, 0) is 31.9 Å². The number of piperidine rings is 1. The molecule has 1 aliphatic heterocycles. The number of amides is 1. The van der Waals surface area contributed by atoms with Gasteiger partial charge in [-0.25, -0.2) is 4.39 Å². The van der Waals surface area contributed by atoms with Crippen LogP contribution in [0.2, 0.25) is 0 Å². The number of rotatable bonds is 4. The van der Waals surface area contributed by atoms with Crippen LogP contribution in [0.3, 0.4) is 0 Å². The molecule has 2 aliphatic rings. The average Bonchev–Trinajstić information content (AvgIpc) is 3.14. The van der Waals surface area contributed by atoms with Gasteiger partial charge >= 0.3 is 0 Å². The van der Waals surface area contributed by atoms with Crippen LogP contribution in [0.5, 0.6) is 0 Å². The van der Waals surface area contributed by atoms with Gasteiger partial charge < -0.3 is 9.73 Å². The second kappa shape index (κ2) is 5.20. The second-order valence-corrected chi connectivity index (χ2v) is 6.00. The Kier molecular flexibility index (Phi) is 3.54. The molecule has 1 saturated carbocycles. The van der Waals surface area contributed by atoms with Crippen molar-refractivity contribution in [1.29, 1.82) is 0 Å². The minimum absolute atomic E-state index is 0.222. The first-order chi connectivity index (χ1) is 9.55. The van der Waals surface area contributed by atoms with Crippen LogP contribution in [-0.2, 0) is 11.3 Å². The molecule has 110 valence electrons. The Balaban J connectivity index is 1.51. The zero-order valence-corrected chi connectivity index (χ0v) is 11.8. The Morgan fingerprint density at radius 3 is 2.70 bits per heavy atom. The van der Waals surface area contributed by atoms with E-state index < -0.39 is 11.6 Å². The fourth-order valence-corrected chi connectivity index (χ4v) is 2.63. The molecule has 0 aromatic carbocycles. The normalized spacial score (nSPS) is 22.7. The number of carbonyl (C=O) groups excluding carboxylic acids is 1. The molecule has 0 unspecified atom stereocenters. The van der Waals surface area contributed by atoms with Gasteiger partial charge in [-0.2, -0.15) is 0 Å². The minimum atomic E-state index is -1.68. The Morgan fingerprint density at radius 2 is 2.15 bits per heavy atom. The van der Waals surface area contributed by atoms with Crippen LogP contribution < -0.4 is 5.32 Å². The Bertz CT molecular complexity index is 488. The van der Waals surface area contributed by atoms with Crippen molar-refractivity contribution >= 4 is 5.91 Å². The molecule has 3 rings (SSSR count). The van der Waals surface area contributed by atoms with Crippen molar-refractivity contribution in [2.45, 2.75) is 50.9 Å². The summed E-state index contributed by atoms with van der Waals surface area (Å²) in [6.45, 7) is 3.78. The number of hydrogen-bond donors (Lipinski definition) is 1. The SMILES string of the molecule is Cc1ccc(CN2CCC(F)(C(=O)NC3CC3)CC2)o1. The van der Waals surface area contributed by atoms with E-state index in [0.717, 1.165) is 24.4 Å². The molecule has 4 nitrogen and oxygen atoms in total. The van der Waals surface area contributed by atoms with Crippen LogP contribution in [0.1, 0.15) is 37.2 Å². The fourth-order valence-electron chi connectivity index (χ4n) is 2.63. The van der Waals surface area contributed by atoms with Crippen molar-refractivity contribution in [2.24, 2.45) is 0 Å². The summed E-state index contributed by atoms with van der Waals surface area (Å²) in [6, 6.07) is 4.10. The summed E-state index contributed by atoms with van der Waals surface area (Å²) in [5.41, 5.74) is -1.68. The third-order valence-electron chi connectivity index (χ3n) is 4.14. The van der Waals surface area contributed by atoms with Crippen molar-refractivity contribution in [3.05, 3.63) is 23.7 Å². The van der Waals surface area contributed by atoms with E-state index in [1.54, 1.807) is 0 Å². The van der Waals surface area contributed by atoms with Crippen LogP contribution in [0.4, 0.5) is 4.39 Å². The lowest BCUT2D eigenvalue weighted by Crippen LogP contribution is -2.51. The molecule has 1 aromatic rings. The van der Waals surface area contributed by atoms with Crippen LogP contribution in [-0.4, -0.2) is 35.6 Å². The summed E-state index contributed by atoms with van der Waals surface area (Å²) in [7, 11) is 0. The average molecular weight is 280 g/mol. The third-order valence-corrected chi connectivity index (χ3v) is 4.14. The van der Waals surface area contributed by atoms with Crippen LogP contribution in [0.15, 0.2) is 16.5 Å². The monoisotopic (exact) mass is 280 g/mol. The summed E-state index contributed by atoms with van der Waals surface area (Å²) in [5, 5.41) is 2.78. The molecule has 1 N–H and O–H groups in total. The molecular weight excluding hydrogens is 259 g/mol. The van der Waals surface area contributed by atoms with E-state index in [9.17, 15) is 9.18 Å². The highest BCUT2D eigenvalue weighted by Gasteiger charge is 2.43. The predicted molar refractivity (Wildman–Crippen MR) is 73.0 cm³/mol. The molecule has 5 heteroatoms. The predicted octanol–water partition coefficient (Wildman–Crippen LogP) is 2.17. The van der Waals surface area contributed by atoms with E-state index in [-0.39, 0.29) is 18.9 Å². The van der Waals surface area contributed by atoms with Gasteiger partial charge in [0.2, 0.25) is 0 Å². The van der Waals surface area contributed by atoms with Crippen LogP contribution in [0.25, 0.3) is 0 Å². The van der Waals surface area contributed by atoms with Crippen LogP contribution >= 0.6 is 0 Å². The minimum Gasteiger partial charge on any atom is -0.465 e. The molecule has 1 amide bonds. The third kappa shape index (κ3) is 3.03. The number of hydrogen-bond acceptors (Lipinski definition) is 3. The number of nitrogens with one attached hydrogen (secondary N) is 1. The Hall–Kier alpha value is -1.36. The van der Waals surface area contributed by atoms with Gasteiger partial charge in [0.05, 0.1) is 6.54 Å². The zero-order chi connectivity index (χ0) is 14.2. The number of likely N-dealkylation sites (tertiary alicyclic amines) is 1. The Morgan fingerprint density at radius 1 is 1.45 bits per heavy atom. The van der Waals surface area contributed by atoms with Crippen LogP contribution in [0, 0.1) is 6.92 Å². The number of aryl methyl sites for hydroxylation is 1. The Labute approximate surface area is 118 Å². The summed E-state index contributed by atoms with van der Waals surface area (Å²) in [6.07, 6.45) is 2.52. The summed E-state index contributed by atoms with van der Waals surface area (Å²) < 4.78 is 20.1. The van der Waals surface area contributed by atoms with Gasteiger partial charge in [-0.3, -0.25) is 9.69 Å². The lowest BCUT2D eigenvalue weighted by molar-refractivity contribution is -0.136. The van der Waals surface area contributed by atoms with E-state index in [1.165, 1.54) is 0 Å². The second-order valence-electron chi connectivity index (χ2n) is 6.00. The highest BCUT2D eigenvalue weighted by molar-refractivity contribution is 5.85. The van der Waals surface area contributed by atoms with Gasteiger partial charge in [0, 0.05) is 32.0 Å². The molecule has 0 bridgehead atoms. The maximum Gasteiger partial charge on any atom is 0.257 e. The van der Waals surface area contributed by atoms with Gasteiger partial charge in [0.1, 0.15) is 11.5 Å². The number of nitrogens with zero attached hydrogens (tertiary/aromatic N) is 1. The fraction of sp³-hybridized carbons (Fsp3) is 0.667. The molecule has 2 heterocycles. The van der Waals surface area contributed by atoms with Gasteiger partial charge in [-0.1, -0.05) is 0 Å². The van der Waals surface area contributed by atoms with Crippen molar-refractivity contribution in [2.75, 3.05) is 13.1 Å². The lowest BCUT2D eigenvalue weighted by atomic mass is 9.92. The molecule has 20 heavy (non-hydrogen) atoms. The number of halogens is 1. The van der Waals surface area contributed by atoms with E-state index in [1.807, 2.05) is 19.1 Å². The molecule has 1 aliphatic carbocycles. The molecular formula is C15H21FN2O2. The van der Waals surface area contributed by atoms with Crippen molar-refractivity contribution < 1.29 is 13.6 Å². The molecule has 0 atom stereocenters. The first-order valence-corrected chi connectivity index (χ1v) is 7.33. The lowest BCUT2D eigenvalue weighted by Gasteiger charge is -2.34. The van der Waals surface area contributed by atoms with Gasteiger partial charge in [0.15, 0.2) is 5.67 Å². The summed E-state index contributed by atoms with van der Waals surface area (Å²) >= 11 is 0. The van der Waals surface area contributed by atoms with E-state index in [4.69, 9.17) is 4.42 Å². The smallest absolute Gasteiger partial charge is 0.257 e. The first-order valence-electron chi connectivity index (χ1n) is 7.33. The topological polar surface area (TPSA) is 45.5 Å². The van der Waals surface area contributed by atoms with E-state index in [0.29, 0.717) is 19.6 Å².